The molecule has 4 nitrogen and oxygen atoms in total. The lowest BCUT2D eigenvalue weighted by molar-refractivity contribution is -0.150. The number of rotatable bonds is 4. The maximum atomic E-state index is 10.5. The van der Waals surface area contributed by atoms with Gasteiger partial charge in [-0.25, -0.2) is 9.08 Å². The minimum atomic E-state index is -1.22. The molecule has 0 aliphatic heterocycles. The van der Waals surface area contributed by atoms with Crippen molar-refractivity contribution in [3.05, 3.63) is 12.7 Å². The van der Waals surface area contributed by atoms with E-state index in [4.69, 9.17) is 17.6 Å². The first-order valence-corrected chi connectivity index (χ1v) is 2.83. The van der Waals surface area contributed by atoms with E-state index >= 15 is 0 Å². The van der Waals surface area contributed by atoms with Gasteiger partial charge in [0.2, 0.25) is 6.23 Å². The largest absolute Gasteiger partial charge is 0.458 e. The van der Waals surface area contributed by atoms with Crippen molar-refractivity contribution in [1.82, 2.24) is 0 Å². The molecule has 0 fully saturated rings. The molecule has 1 unspecified atom stereocenters. The molecule has 0 bridgehead atoms. The second-order valence-electron chi connectivity index (χ2n) is 1.43. The Labute approximate surface area is 63.7 Å². The first-order valence-electron chi connectivity index (χ1n) is 2.53. The normalized spacial score (nSPS) is 12.2. The van der Waals surface area contributed by atoms with Crippen LogP contribution in [0.5, 0.6) is 0 Å². The minimum absolute atomic E-state index is 0.104. The minimum Gasteiger partial charge on any atom is -0.458 e. The molecule has 0 aromatic carbocycles. The first-order chi connectivity index (χ1) is 4.72. The number of hydrogen-bond donors (Lipinski definition) is 1. The molecule has 2 N–H and O–H groups in total. The highest BCUT2D eigenvalue weighted by molar-refractivity contribution is 6.08. The summed E-state index contributed by atoms with van der Waals surface area (Å²) < 4.78 is 8.40. The molecule has 58 valence electrons. The zero-order valence-corrected chi connectivity index (χ0v) is 6.00. The van der Waals surface area contributed by atoms with Gasteiger partial charge >= 0.3 is 5.97 Å². The van der Waals surface area contributed by atoms with Crippen molar-refractivity contribution in [3.63, 3.8) is 0 Å². The summed E-state index contributed by atoms with van der Waals surface area (Å²) in [5.74, 6) is -0.713. The van der Waals surface area contributed by atoms with Crippen LogP contribution in [-0.2, 0) is 13.8 Å². The van der Waals surface area contributed by atoms with Gasteiger partial charge in [0, 0.05) is 0 Å². The zero-order valence-electron chi connectivity index (χ0n) is 5.25. The van der Waals surface area contributed by atoms with Crippen LogP contribution < -0.4 is 5.73 Å². The maximum Gasteiger partial charge on any atom is 0.352 e. The molecule has 1 atom stereocenters. The smallest absolute Gasteiger partial charge is 0.352 e. The van der Waals surface area contributed by atoms with Crippen LogP contribution in [0.1, 0.15) is 0 Å². The van der Waals surface area contributed by atoms with Crippen molar-refractivity contribution in [3.8, 4) is 0 Å². The van der Waals surface area contributed by atoms with Gasteiger partial charge in [0.25, 0.3) is 0 Å². The molecule has 0 heterocycles. The number of hydrogen-bond acceptors (Lipinski definition) is 4. The standard InChI is InChI=1S/C5H8ClNO3/c1-2-3-9-5(8)4(7)10-6/h2,4H,1,3,7H2. The predicted molar refractivity (Wildman–Crippen MR) is 36.1 cm³/mol. The highest BCUT2D eigenvalue weighted by Gasteiger charge is 2.13. The summed E-state index contributed by atoms with van der Waals surface area (Å²) in [6.07, 6.45) is 0.195. The van der Waals surface area contributed by atoms with E-state index in [2.05, 4.69) is 15.6 Å². The second-order valence-corrected chi connectivity index (χ2v) is 1.61. The van der Waals surface area contributed by atoms with Gasteiger partial charge in [0.15, 0.2) is 0 Å². The Bertz CT molecular complexity index is 128. The number of nitrogens with two attached hydrogens (primary N) is 1. The summed E-state index contributed by atoms with van der Waals surface area (Å²) in [6.45, 7) is 3.43. The van der Waals surface area contributed by atoms with Crippen molar-refractivity contribution in [1.29, 1.82) is 0 Å². The van der Waals surface area contributed by atoms with Gasteiger partial charge < -0.3 is 4.74 Å². The van der Waals surface area contributed by atoms with Gasteiger partial charge in [-0.2, -0.15) is 0 Å². The monoisotopic (exact) mass is 165 g/mol. The van der Waals surface area contributed by atoms with Crippen LogP contribution >= 0.6 is 11.9 Å². The van der Waals surface area contributed by atoms with Gasteiger partial charge in [-0.1, -0.05) is 12.7 Å². The molecule has 0 saturated carbocycles. The van der Waals surface area contributed by atoms with E-state index in [0.29, 0.717) is 0 Å². The average molecular weight is 166 g/mol. The summed E-state index contributed by atoms with van der Waals surface area (Å²) in [6, 6.07) is 0. The van der Waals surface area contributed by atoms with Gasteiger partial charge in [0.1, 0.15) is 6.61 Å². The lowest BCUT2D eigenvalue weighted by Gasteiger charge is -2.04. The van der Waals surface area contributed by atoms with Crippen molar-refractivity contribution < 1.29 is 13.8 Å². The van der Waals surface area contributed by atoms with E-state index in [-0.39, 0.29) is 6.61 Å². The van der Waals surface area contributed by atoms with Crippen LogP contribution in [0, 0.1) is 0 Å². The van der Waals surface area contributed by atoms with Crippen LogP contribution in [0.3, 0.4) is 0 Å². The number of carbonyl (C=O) groups excluding carboxylic acids is 1. The van der Waals surface area contributed by atoms with Crippen molar-refractivity contribution in [2.75, 3.05) is 6.61 Å². The number of esters is 1. The lowest BCUT2D eigenvalue weighted by atomic mass is 10.6. The van der Waals surface area contributed by atoms with E-state index in [1.807, 2.05) is 0 Å². The number of ether oxygens (including phenoxy) is 1. The van der Waals surface area contributed by atoms with Crippen molar-refractivity contribution in [2.45, 2.75) is 6.23 Å². The summed E-state index contributed by atoms with van der Waals surface area (Å²) in [4.78, 5) is 10.5. The van der Waals surface area contributed by atoms with Crippen LogP contribution in [0.4, 0.5) is 0 Å². The maximum absolute atomic E-state index is 10.5. The van der Waals surface area contributed by atoms with Gasteiger partial charge in [-0.05, 0) is 0 Å². The van der Waals surface area contributed by atoms with E-state index in [0.717, 1.165) is 0 Å². The Morgan fingerprint density at radius 3 is 2.90 bits per heavy atom. The molecule has 0 amide bonds. The molecule has 5 heteroatoms. The Balaban J connectivity index is 3.51. The fraction of sp³-hybridized carbons (Fsp3) is 0.400. The Kier molecular flexibility index (Phi) is 4.92. The first kappa shape index (κ1) is 9.42. The van der Waals surface area contributed by atoms with E-state index in [1.165, 1.54) is 6.08 Å². The van der Waals surface area contributed by atoms with Crippen LogP contribution in [0.25, 0.3) is 0 Å². The van der Waals surface area contributed by atoms with E-state index < -0.39 is 12.2 Å². The van der Waals surface area contributed by atoms with Crippen LogP contribution in [0.15, 0.2) is 12.7 Å². The summed E-state index contributed by atoms with van der Waals surface area (Å²) in [5, 5.41) is 0. The fourth-order valence-corrected chi connectivity index (χ4v) is 0.332. The molecular weight excluding hydrogens is 158 g/mol. The molecular formula is C5H8ClNO3. The van der Waals surface area contributed by atoms with Crippen molar-refractivity contribution in [2.24, 2.45) is 5.73 Å². The van der Waals surface area contributed by atoms with Gasteiger partial charge in [-0.3, -0.25) is 5.73 Å². The van der Waals surface area contributed by atoms with Gasteiger partial charge in [0.05, 0.1) is 11.9 Å². The second kappa shape index (κ2) is 5.22. The summed E-state index contributed by atoms with van der Waals surface area (Å²) in [5.41, 5.74) is 4.99. The molecule has 10 heavy (non-hydrogen) atoms. The average Bonchev–Trinajstić information content (AvgIpc) is 1.98. The third kappa shape index (κ3) is 3.45. The summed E-state index contributed by atoms with van der Waals surface area (Å²) >= 11 is 4.77. The molecule has 0 aliphatic rings. The Morgan fingerprint density at radius 1 is 1.90 bits per heavy atom. The molecule has 0 aromatic rings. The molecule has 0 radical (unpaired) electrons. The highest BCUT2D eigenvalue weighted by atomic mass is 35.5. The van der Waals surface area contributed by atoms with E-state index in [9.17, 15) is 4.79 Å². The van der Waals surface area contributed by atoms with Crippen LogP contribution in [-0.4, -0.2) is 18.8 Å². The fourth-order valence-electron chi connectivity index (χ4n) is 0.260. The molecule has 0 aliphatic carbocycles. The zero-order chi connectivity index (χ0) is 7.98. The molecule has 0 rings (SSSR count). The summed E-state index contributed by atoms with van der Waals surface area (Å²) in [7, 11) is 0. The molecule has 0 aromatic heterocycles. The molecule has 0 spiro atoms. The topological polar surface area (TPSA) is 61.5 Å². The van der Waals surface area contributed by atoms with Gasteiger partial charge in [-0.15, -0.1) is 0 Å². The van der Waals surface area contributed by atoms with E-state index in [1.54, 1.807) is 0 Å². The predicted octanol–water partition coefficient (Wildman–Crippen LogP) is 0.171. The number of halogens is 1. The highest BCUT2D eigenvalue weighted by Crippen LogP contribution is 1.90. The Hall–Kier alpha value is -0.580. The quantitative estimate of drug-likeness (QED) is 0.367. The van der Waals surface area contributed by atoms with Crippen LogP contribution in [0.2, 0.25) is 0 Å². The Morgan fingerprint density at radius 2 is 2.50 bits per heavy atom. The number of carbonyl (C=O) groups is 1. The van der Waals surface area contributed by atoms with Crippen molar-refractivity contribution >= 4 is 17.8 Å². The molecule has 0 saturated heterocycles. The third-order valence-corrected chi connectivity index (χ3v) is 0.864. The SMILES string of the molecule is C=CCOC(=O)C(N)OCl. The lowest BCUT2D eigenvalue weighted by Crippen LogP contribution is -2.32. The third-order valence-electron chi connectivity index (χ3n) is 0.672.